The molecule has 3 aromatic rings. The maximum atomic E-state index is 12.4. The van der Waals surface area contributed by atoms with Gasteiger partial charge in [-0.15, -0.1) is 5.11 Å². The van der Waals surface area contributed by atoms with Gasteiger partial charge >= 0.3 is 0 Å². The second-order valence-corrected chi connectivity index (χ2v) is 7.71. The van der Waals surface area contributed by atoms with Crippen LogP contribution in [0.1, 0.15) is 25.5 Å². The molecule has 0 aliphatic rings. The number of para-hydroxylation sites is 1. The Morgan fingerprint density at radius 3 is 2.32 bits per heavy atom. The average Bonchev–Trinajstić information content (AvgIpc) is 2.85. The second kappa shape index (κ2) is 6.33. The summed E-state index contributed by atoms with van der Waals surface area (Å²) in [6.07, 6.45) is 0. The summed E-state index contributed by atoms with van der Waals surface area (Å²) in [5, 5.41) is 15.0. The zero-order chi connectivity index (χ0) is 18.2. The van der Waals surface area contributed by atoms with Crippen LogP contribution in [0.4, 0.5) is 5.69 Å². The molecule has 0 bridgehead atoms. The van der Waals surface area contributed by atoms with E-state index in [1.54, 1.807) is 28.8 Å². The molecular formula is C18H19N3O3S. The molecule has 7 heteroatoms. The molecule has 3 rings (SSSR count). The maximum Gasteiger partial charge on any atom is 0.299 e. The van der Waals surface area contributed by atoms with Crippen molar-refractivity contribution in [3.05, 3.63) is 54.1 Å². The van der Waals surface area contributed by atoms with Crippen LogP contribution in [0.25, 0.3) is 10.9 Å². The molecule has 0 atom stereocenters. The highest BCUT2D eigenvalue weighted by molar-refractivity contribution is 7.90. The number of sulfonamides is 1. The van der Waals surface area contributed by atoms with Gasteiger partial charge in [0.25, 0.3) is 10.0 Å². The summed E-state index contributed by atoms with van der Waals surface area (Å²) < 4.78 is 29.9. The first-order chi connectivity index (χ1) is 11.8. The van der Waals surface area contributed by atoms with Crippen molar-refractivity contribution >= 4 is 26.6 Å². The first kappa shape index (κ1) is 17.2. The Morgan fingerprint density at radius 2 is 1.68 bits per heavy atom. The summed E-state index contributed by atoms with van der Waals surface area (Å²) in [6, 6.07) is 13.6. The zero-order valence-corrected chi connectivity index (χ0v) is 15.0. The van der Waals surface area contributed by atoms with Crippen molar-refractivity contribution in [1.82, 2.24) is 4.57 Å². The Bertz CT molecular complexity index is 1050. The van der Waals surface area contributed by atoms with Crippen LogP contribution in [-0.2, 0) is 10.0 Å². The number of fused-ring (bicyclic) bond motifs is 1. The van der Waals surface area contributed by atoms with Crippen LogP contribution in [0.15, 0.2) is 63.1 Å². The molecule has 0 saturated carbocycles. The van der Waals surface area contributed by atoms with E-state index < -0.39 is 10.0 Å². The standard InChI is InChI=1S/C18H19N3O3S/c1-12(2)21-16-7-5-4-6-15(16)17(18(21)22)19-20-25(23,24)14-10-8-13(3)9-11-14/h4-12,22H,1-3H3. The first-order valence-corrected chi connectivity index (χ1v) is 9.32. The Hall–Kier alpha value is -2.67. The predicted octanol–water partition coefficient (Wildman–Crippen LogP) is 4.71. The molecule has 0 aliphatic carbocycles. The number of aromatic nitrogens is 1. The number of rotatable bonds is 4. The van der Waals surface area contributed by atoms with Crippen LogP contribution in [0.2, 0.25) is 0 Å². The second-order valence-electron chi connectivity index (χ2n) is 6.12. The molecule has 25 heavy (non-hydrogen) atoms. The molecule has 0 aliphatic heterocycles. The van der Waals surface area contributed by atoms with Gasteiger partial charge < -0.3 is 9.67 Å². The number of hydrogen-bond donors (Lipinski definition) is 1. The highest BCUT2D eigenvalue weighted by Crippen LogP contribution is 2.41. The number of hydrogen-bond acceptors (Lipinski definition) is 4. The van der Waals surface area contributed by atoms with Crippen LogP contribution >= 0.6 is 0 Å². The smallest absolute Gasteiger partial charge is 0.299 e. The van der Waals surface area contributed by atoms with E-state index in [4.69, 9.17) is 0 Å². The molecule has 1 heterocycles. The van der Waals surface area contributed by atoms with E-state index in [9.17, 15) is 13.5 Å². The largest absolute Gasteiger partial charge is 0.493 e. The van der Waals surface area contributed by atoms with E-state index in [2.05, 4.69) is 9.63 Å². The van der Waals surface area contributed by atoms with Gasteiger partial charge in [0, 0.05) is 11.4 Å². The van der Waals surface area contributed by atoms with Crippen molar-refractivity contribution < 1.29 is 13.5 Å². The highest BCUT2D eigenvalue weighted by atomic mass is 32.2. The molecule has 0 amide bonds. The summed E-state index contributed by atoms with van der Waals surface area (Å²) in [6.45, 7) is 5.73. The van der Waals surface area contributed by atoms with Crippen molar-refractivity contribution in [3.63, 3.8) is 0 Å². The molecule has 0 radical (unpaired) electrons. The highest BCUT2D eigenvalue weighted by Gasteiger charge is 2.19. The van der Waals surface area contributed by atoms with Crippen molar-refractivity contribution in [2.75, 3.05) is 0 Å². The lowest BCUT2D eigenvalue weighted by atomic mass is 10.2. The maximum absolute atomic E-state index is 12.4. The lowest BCUT2D eigenvalue weighted by molar-refractivity contribution is 0.407. The molecular weight excluding hydrogens is 338 g/mol. The van der Waals surface area contributed by atoms with Gasteiger partial charge in [-0.3, -0.25) is 0 Å². The summed E-state index contributed by atoms with van der Waals surface area (Å²) >= 11 is 0. The van der Waals surface area contributed by atoms with E-state index in [1.165, 1.54) is 12.1 Å². The Morgan fingerprint density at radius 1 is 1.04 bits per heavy atom. The SMILES string of the molecule is Cc1ccc(S(=O)(=O)N=Nc2c(O)n(C(C)C)c3ccccc23)cc1. The van der Waals surface area contributed by atoms with Gasteiger partial charge in [-0.05, 0) is 39.0 Å². The molecule has 130 valence electrons. The third-order valence-electron chi connectivity index (χ3n) is 3.94. The van der Waals surface area contributed by atoms with E-state index in [0.29, 0.717) is 5.39 Å². The number of benzene rings is 2. The van der Waals surface area contributed by atoms with Gasteiger partial charge in [0.1, 0.15) is 0 Å². The molecule has 0 fully saturated rings. The fraction of sp³-hybridized carbons (Fsp3) is 0.222. The summed E-state index contributed by atoms with van der Waals surface area (Å²) in [7, 11) is -3.93. The first-order valence-electron chi connectivity index (χ1n) is 7.88. The predicted molar refractivity (Wildman–Crippen MR) is 96.9 cm³/mol. The molecule has 0 spiro atoms. The van der Waals surface area contributed by atoms with E-state index in [0.717, 1.165) is 11.1 Å². The summed E-state index contributed by atoms with van der Waals surface area (Å²) in [5.41, 5.74) is 1.88. The van der Waals surface area contributed by atoms with Gasteiger partial charge in [0.15, 0.2) is 5.69 Å². The van der Waals surface area contributed by atoms with E-state index in [-0.39, 0.29) is 22.5 Å². The normalized spacial score (nSPS) is 12.5. The molecule has 6 nitrogen and oxygen atoms in total. The lowest BCUT2D eigenvalue weighted by Gasteiger charge is -2.10. The molecule has 0 saturated heterocycles. The molecule has 0 unspecified atom stereocenters. The Labute approximate surface area is 146 Å². The van der Waals surface area contributed by atoms with Gasteiger partial charge in [-0.25, -0.2) is 0 Å². The summed E-state index contributed by atoms with van der Waals surface area (Å²) in [5.74, 6) is -0.0981. The topological polar surface area (TPSA) is 84.0 Å². The van der Waals surface area contributed by atoms with Crippen molar-refractivity contribution in [2.24, 2.45) is 9.63 Å². The van der Waals surface area contributed by atoms with Crippen LogP contribution in [0.5, 0.6) is 5.88 Å². The van der Waals surface area contributed by atoms with Crippen LogP contribution in [-0.4, -0.2) is 18.1 Å². The Balaban J connectivity index is 2.10. The van der Waals surface area contributed by atoms with Crippen LogP contribution in [0, 0.1) is 6.92 Å². The number of nitrogens with zero attached hydrogens (tertiary/aromatic N) is 3. The van der Waals surface area contributed by atoms with Gasteiger partial charge in [-0.2, -0.15) is 8.42 Å². The quantitative estimate of drug-likeness (QED) is 0.686. The fourth-order valence-electron chi connectivity index (χ4n) is 2.71. The van der Waals surface area contributed by atoms with Gasteiger partial charge in [-0.1, -0.05) is 40.4 Å². The van der Waals surface area contributed by atoms with Crippen molar-refractivity contribution in [3.8, 4) is 5.88 Å². The van der Waals surface area contributed by atoms with Crippen LogP contribution < -0.4 is 0 Å². The zero-order valence-electron chi connectivity index (χ0n) is 14.2. The third kappa shape index (κ3) is 3.15. The van der Waals surface area contributed by atoms with Gasteiger partial charge in [0.05, 0.1) is 10.4 Å². The monoisotopic (exact) mass is 357 g/mol. The van der Waals surface area contributed by atoms with Crippen LogP contribution in [0.3, 0.4) is 0 Å². The molecule has 1 N–H and O–H groups in total. The lowest BCUT2D eigenvalue weighted by Crippen LogP contribution is -1.98. The van der Waals surface area contributed by atoms with Crippen molar-refractivity contribution in [2.45, 2.75) is 31.7 Å². The molecule has 1 aromatic heterocycles. The van der Waals surface area contributed by atoms with Gasteiger partial charge in [0.2, 0.25) is 5.88 Å². The minimum absolute atomic E-state index is 0.0115. The number of aryl methyl sites for hydroxylation is 1. The fourth-order valence-corrected chi connectivity index (χ4v) is 3.47. The van der Waals surface area contributed by atoms with E-state index in [1.807, 2.05) is 32.9 Å². The van der Waals surface area contributed by atoms with E-state index >= 15 is 0 Å². The minimum Gasteiger partial charge on any atom is -0.493 e. The average molecular weight is 357 g/mol. The minimum atomic E-state index is -3.93. The third-order valence-corrected chi connectivity index (χ3v) is 5.11. The Kier molecular flexibility index (Phi) is 4.34. The number of aromatic hydroxyl groups is 1. The molecule has 2 aromatic carbocycles. The van der Waals surface area contributed by atoms with Crippen molar-refractivity contribution in [1.29, 1.82) is 0 Å². The summed E-state index contributed by atoms with van der Waals surface area (Å²) in [4.78, 5) is 0.0638.